The van der Waals surface area contributed by atoms with Gasteiger partial charge in [-0.2, -0.15) is 0 Å². The lowest BCUT2D eigenvalue weighted by atomic mass is 10.1. The predicted octanol–water partition coefficient (Wildman–Crippen LogP) is 19.4. The number of hydrogen-bond acceptors (Lipinski definition) is 10. The zero-order chi connectivity index (χ0) is 57.4. The van der Waals surface area contributed by atoms with Crippen molar-refractivity contribution in [2.24, 2.45) is 0 Å². The summed E-state index contributed by atoms with van der Waals surface area (Å²) in [5.74, 6) is 2.51. The highest BCUT2D eigenvalue weighted by molar-refractivity contribution is 5.92. The molecule has 10 nitrogen and oxygen atoms in total. The summed E-state index contributed by atoms with van der Waals surface area (Å²) < 4.78 is 42.0. The van der Waals surface area contributed by atoms with E-state index in [9.17, 15) is 14.4 Å². The zero-order valence-corrected chi connectivity index (χ0v) is 49.4. The Morgan fingerprint density at radius 2 is 0.622 bits per heavy atom. The quantitative estimate of drug-likeness (QED) is 0.0209. The van der Waals surface area contributed by atoms with E-state index in [1.165, 1.54) is 70.6 Å². The molecule has 0 atom stereocenters. The number of carbonyl (C=O) groups is 3. The van der Waals surface area contributed by atoms with Gasteiger partial charge in [0.25, 0.3) is 0 Å². The third kappa shape index (κ3) is 21.0. The van der Waals surface area contributed by atoms with E-state index in [2.05, 4.69) is 57.2 Å². The molecule has 0 radical (unpaired) electrons. The Morgan fingerprint density at radius 3 is 0.963 bits per heavy atom. The molecule has 10 heteroatoms. The predicted molar refractivity (Wildman–Crippen MR) is 329 cm³/mol. The van der Waals surface area contributed by atoms with Crippen LogP contribution in [-0.2, 0) is 9.53 Å². The summed E-state index contributed by atoms with van der Waals surface area (Å²) >= 11 is 0. The van der Waals surface area contributed by atoms with Gasteiger partial charge in [-0.25, -0.2) is 9.59 Å². The van der Waals surface area contributed by atoms with E-state index in [-0.39, 0.29) is 12.4 Å². The van der Waals surface area contributed by atoms with Crippen molar-refractivity contribution in [1.82, 2.24) is 0 Å². The average molecular weight is 1120 g/mol. The summed E-state index contributed by atoms with van der Waals surface area (Å²) in [5, 5.41) is 0. The third-order valence-corrected chi connectivity index (χ3v) is 15.1. The molecule has 0 bridgehead atoms. The summed E-state index contributed by atoms with van der Waals surface area (Å²) in [4.78, 5) is 40.6. The molecule has 0 fully saturated rings. The molecule has 7 rings (SSSR count). The summed E-state index contributed by atoms with van der Waals surface area (Å²) in [6.07, 6.45) is 26.7. The molecule has 1 aliphatic rings. The zero-order valence-electron chi connectivity index (χ0n) is 49.4. The topological polar surface area (TPSA) is 116 Å². The van der Waals surface area contributed by atoms with Crippen LogP contribution in [0.3, 0.4) is 0 Å². The number of benzene rings is 6. The Labute approximate surface area is 489 Å². The minimum Gasteiger partial charge on any atom is -0.494 e. The number of unbranched alkanes of at least 4 members (excludes halogenated alkanes) is 20. The summed E-state index contributed by atoms with van der Waals surface area (Å²) in [6, 6.07) is 41.4. The molecule has 0 amide bonds. The highest BCUT2D eigenvalue weighted by Gasteiger charge is 2.33. The summed E-state index contributed by atoms with van der Waals surface area (Å²) in [7, 11) is 0. The maximum Gasteiger partial charge on any atom is 0.343 e. The number of rotatable bonds is 40. The first-order valence-electron chi connectivity index (χ1n) is 31.2. The van der Waals surface area contributed by atoms with Crippen LogP contribution in [0.2, 0.25) is 0 Å². The van der Waals surface area contributed by atoms with Crippen LogP contribution in [0.5, 0.6) is 34.5 Å². The van der Waals surface area contributed by atoms with E-state index in [4.69, 9.17) is 33.2 Å². The fourth-order valence-electron chi connectivity index (χ4n) is 10.3. The molecule has 0 spiro atoms. The Balaban J connectivity index is 0.852. The van der Waals surface area contributed by atoms with Gasteiger partial charge in [-0.1, -0.05) is 179 Å². The summed E-state index contributed by atoms with van der Waals surface area (Å²) in [5.41, 5.74) is 6.14. The standard InChI is InChI=1S/C72H90O10/c1-4-7-10-13-21-26-51-76-59-37-29-55(30-38-59)56-31-39-60(40-32-56)77-52-27-22-17-15-14-16-18-23-28-69(73)82-70-67-53-63(80-71(74)57-33-41-61(42-34-57)78-49-24-19-11-8-5-2)45-47-65(67)66-48-46-64(54-68(66)70)81-72(75)58-35-43-62(44-36-58)79-50-25-20-12-9-6-3/h29-48,53-54,70H,4-28,49-52H2,1-3H3. The van der Waals surface area contributed by atoms with E-state index < -0.39 is 18.0 Å². The normalized spacial score (nSPS) is 11.6. The molecular weight excluding hydrogens is 1020 g/mol. The van der Waals surface area contributed by atoms with Gasteiger partial charge in [0.15, 0.2) is 6.10 Å². The number of carbonyl (C=O) groups excluding carboxylic acids is 3. The molecule has 6 aromatic carbocycles. The lowest BCUT2D eigenvalue weighted by molar-refractivity contribution is -0.147. The Morgan fingerprint density at radius 1 is 0.329 bits per heavy atom. The fraction of sp³-hybridized carbons (Fsp3) is 0.458. The van der Waals surface area contributed by atoms with Crippen molar-refractivity contribution in [3.63, 3.8) is 0 Å². The first-order chi connectivity index (χ1) is 40.3. The van der Waals surface area contributed by atoms with Crippen molar-refractivity contribution < 1.29 is 47.5 Å². The molecule has 1 aliphatic carbocycles. The van der Waals surface area contributed by atoms with Gasteiger partial charge in [0.05, 0.1) is 37.6 Å². The molecule has 438 valence electrons. The van der Waals surface area contributed by atoms with Crippen molar-refractivity contribution in [3.8, 4) is 56.8 Å². The monoisotopic (exact) mass is 1110 g/mol. The van der Waals surface area contributed by atoms with Crippen molar-refractivity contribution in [1.29, 1.82) is 0 Å². The van der Waals surface area contributed by atoms with Crippen LogP contribution in [0.4, 0.5) is 0 Å². The first-order valence-corrected chi connectivity index (χ1v) is 31.2. The van der Waals surface area contributed by atoms with Crippen LogP contribution >= 0.6 is 0 Å². The van der Waals surface area contributed by atoms with Gasteiger partial charge in [-0.05, 0) is 151 Å². The molecule has 0 unspecified atom stereocenters. The molecule has 0 saturated carbocycles. The maximum atomic E-state index is 13.7. The van der Waals surface area contributed by atoms with Gasteiger partial charge in [0, 0.05) is 17.5 Å². The van der Waals surface area contributed by atoms with Crippen LogP contribution in [0.1, 0.15) is 219 Å². The fourth-order valence-corrected chi connectivity index (χ4v) is 10.3. The Bertz CT molecular complexity index is 2680. The van der Waals surface area contributed by atoms with Gasteiger partial charge in [0.2, 0.25) is 0 Å². The smallest absolute Gasteiger partial charge is 0.343 e. The highest BCUT2D eigenvalue weighted by Crippen LogP contribution is 2.48. The molecule has 0 saturated heterocycles. The largest absolute Gasteiger partial charge is 0.494 e. The van der Waals surface area contributed by atoms with E-state index in [0.29, 0.717) is 71.5 Å². The molecule has 0 aliphatic heterocycles. The van der Waals surface area contributed by atoms with Crippen molar-refractivity contribution >= 4 is 17.9 Å². The van der Waals surface area contributed by atoms with Crippen LogP contribution < -0.4 is 28.4 Å². The molecule has 0 heterocycles. The van der Waals surface area contributed by atoms with Crippen LogP contribution in [0.15, 0.2) is 133 Å². The van der Waals surface area contributed by atoms with Crippen LogP contribution in [0.25, 0.3) is 22.3 Å². The minimum atomic E-state index is -0.807. The van der Waals surface area contributed by atoms with E-state index in [1.54, 1.807) is 72.8 Å². The van der Waals surface area contributed by atoms with Gasteiger partial charge in [0.1, 0.15) is 34.5 Å². The van der Waals surface area contributed by atoms with E-state index in [0.717, 1.165) is 117 Å². The number of esters is 3. The lowest BCUT2D eigenvalue weighted by Gasteiger charge is -2.16. The minimum absolute atomic E-state index is 0.264. The van der Waals surface area contributed by atoms with Crippen LogP contribution in [0, 0.1) is 0 Å². The molecule has 6 aromatic rings. The van der Waals surface area contributed by atoms with Crippen LogP contribution in [-0.4, -0.2) is 44.3 Å². The van der Waals surface area contributed by atoms with Gasteiger partial charge in [-0.3, -0.25) is 4.79 Å². The first kappa shape index (κ1) is 62.5. The molecular formula is C72H90O10. The van der Waals surface area contributed by atoms with E-state index >= 15 is 0 Å². The SMILES string of the molecule is CCCCCCCCOc1ccc(-c2ccc(OCCCCCCCCCCC(=O)OC3c4cc(OC(=O)c5ccc(OCCCCCCC)cc5)ccc4-c4ccc(OC(=O)c5ccc(OCCCCCCC)cc5)cc43)cc2)cc1. The molecule has 0 N–H and O–H groups in total. The van der Waals surface area contributed by atoms with Crippen molar-refractivity contribution in [3.05, 3.63) is 156 Å². The second-order valence-electron chi connectivity index (χ2n) is 21.8. The molecule has 0 aromatic heterocycles. The Hall–Kier alpha value is -7.07. The summed E-state index contributed by atoms with van der Waals surface area (Å²) in [6.45, 7) is 9.37. The van der Waals surface area contributed by atoms with Gasteiger partial charge < -0.3 is 33.2 Å². The van der Waals surface area contributed by atoms with Gasteiger partial charge in [-0.15, -0.1) is 0 Å². The second kappa shape index (κ2) is 35.7. The number of fused-ring (bicyclic) bond motifs is 3. The maximum absolute atomic E-state index is 13.7. The number of ether oxygens (including phenoxy) is 7. The molecule has 82 heavy (non-hydrogen) atoms. The average Bonchev–Trinajstić information content (AvgIpc) is 3.93. The van der Waals surface area contributed by atoms with E-state index in [1.807, 2.05) is 24.3 Å². The highest BCUT2D eigenvalue weighted by atomic mass is 16.6. The van der Waals surface area contributed by atoms with Gasteiger partial charge >= 0.3 is 17.9 Å². The van der Waals surface area contributed by atoms with Crippen molar-refractivity contribution in [2.45, 2.75) is 187 Å². The lowest BCUT2D eigenvalue weighted by Crippen LogP contribution is -2.12. The Kier molecular flexibility index (Phi) is 27.2. The second-order valence-corrected chi connectivity index (χ2v) is 21.8. The van der Waals surface area contributed by atoms with Crippen molar-refractivity contribution in [2.75, 3.05) is 26.4 Å². The number of hydrogen-bond donors (Lipinski definition) is 0. The third-order valence-electron chi connectivity index (χ3n) is 15.1.